The minimum atomic E-state index is -4.51. The molecule has 2 rings (SSSR count). The number of hydrogen-bond donors (Lipinski definition) is 1. The Morgan fingerprint density at radius 3 is 2.44 bits per heavy atom. The van der Waals surface area contributed by atoms with Crippen LogP contribution in [0.3, 0.4) is 0 Å². The molecule has 3 unspecified atom stereocenters. The Morgan fingerprint density at radius 2 is 1.94 bits per heavy atom. The Bertz CT molecular complexity index is 355. The molecule has 8 heteroatoms. The van der Waals surface area contributed by atoms with Crippen LogP contribution in [-0.2, 0) is 9.53 Å². The summed E-state index contributed by atoms with van der Waals surface area (Å²) in [6, 6.07) is -1.36. The summed E-state index contributed by atoms with van der Waals surface area (Å²) < 4.78 is 43.0. The van der Waals surface area contributed by atoms with E-state index in [0.717, 1.165) is 0 Å². The summed E-state index contributed by atoms with van der Waals surface area (Å²) in [7, 11) is 0. The minimum absolute atomic E-state index is 0.0117. The van der Waals surface area contributed by atoms with Gasteiger partial charge in [0.25, 0.3) is 5.91 Å². The number of aliphatic hydroxyl groups excluding tert-OH is 1. The average Bonchev–Trinajstić information content (AvgIpc) is 2.56. The highest BCUT2D eigenvalue weighted by Crippen LogP contribution is 2.40. The van der Waals surface area contributed by atoms with Gasteiger partial charge < -0.3 is 9.84 Å². The number of nitrogens with zero attached hydrogens (tertiary/aromatic N) is 1. The maximum Gasteiger partial charge on any atom is 0.417 e. The summed E-state index contributed by atoms with van der Waals surface area (Å²) in [6.45, 7) is -0.532. The fraction of sp³-hybridized carbons (Fsp3) is 0.800. The number of cyclic esters (lactones) is 1. The second-order valence-electron chi connectivity index (χ2n) is 4.50. The molecular formula is C10H12F3NO4. The first-order valence-corrected chi connectivity index (χ1v) is 5.54. The van der Waals surface area contributed by atoms with Crippen LogP contribution in [0.5, 0.6) is 0 Å². The van der Waals surface area contributed by atoms with Gasteiger partial charge in [-0.3, -0.25) is 4.79 Å². The first-order valence-electron chi connectivity index (χ1n) is 5.54. The predicted octanol–water partition coefficient (Wildman–Crippen LogP) is 1.06. The van der Waals surface area contributed by atoms with Crippen molar-refractivity contribution in [1.29, 1.82) is 0 Å². The molecule has 1 saturated carbocycles. The first-order chi connectivity index (χ1) is 8.30. The van der Waals surface area contributed by atoms with Crippen molar-refractivity contribution in [2.24, 2.45) is 5.92 Å². The van der Waals surface area contributed by atoms with Gasteiger partial charge in [0.1, 0.15) is 0 Å². The van der Waals surface area contributed by atoms with Gasteiger partial charge in [-0.2, -0.15) is 13.2 Å². The number of aliphatic hydroxyl groups is 1. The standard InChI is InChI=1S/C10H12F3NO4/c11-10(12,13)6-2-1-5(15)3-7(6)14-8(16)4-18-9(14)17/h5-7,15H,1-4H2. The largest absolute Gasteiger partial charge is 0.439 e. The van der Waals surface area contributed by atoms with E-state index in [4.69, 9.17) is 0 Å². The van der Waals surface area contributed by atoms with Crippen molar-refractivity contribution in [3.8, 4) is 0 Å². The molecule has 2 amide bonds. The minimum Gasteiger partial charge on any atom is -0.439 e. The van der Waals surface area contributed by atoms with E-state index in [1.165, 1.54) is 0 Å². The van der Waals surface area contributed by atoms with E-state index in [9.17, 15) is 27.9 Å². The van der Waals surface area contributed by atoms with Crippen LogP contribution in [0.2, 0.25) is 0 Å². The molecule has 0 radical (unpaired) electrons. The van der Waals surface area contributed by atoms with Gasteiger partial charge in [0.05, 0.1) is 18.1 Å². The molecule has 1 aliphatic carbocycles. The molecule has 1 saturated heterocycles. The van der Waals surface area contributed by atoms with Gasteiger partial charge in [0.2, 0.25) is 0 Å². The third-order valence-electron chi connectivity index (χ3n) is 3.33. The zero-order chi connectivity index (χ0) is 13.5. The molecule has 0 spiro atoms. The van der Waals surface area contributed by atoms with E-state index < -0.39 is 42.8 Å². The Labute approximate surface area is 100 Å². The SMILES string of the molecule is O=C1COC(=O)N1C1CC(O)CCC1C(F)(F)F. The van der Waals surface area contributed by atoms with Gasteiger partial charge in [0.15, 0.2) is 6.61 Å². The molecule has 0 bridgehead atoms. The molecule has 3 atom stereocenters. The van der Waals surface area contributed by atoms with E-state index in [1.807, 2.05) is 0 Å². The van der Waals surface area contributed by atoms with Crippen molar-refractivity contribution in [1.82, 2.24) is 4.90 Å². The first kappa shape index (κ1) is 13.1. The number of imide groups is 1. The molecule has 18 heavy (non-hydrogen) atoms. The Balaban J connectivity index is 2.25. The van der Waals surface area contributed by atoms with Crippen LogP contribution in [0.1, 0.15) is 19.3 Å². The lowest BCUT2D eigenvalue weighted by Gasteiger charge is -2.38. The smallest absolute Gasteiger partial charge is 0.417 e. The van der Waals surface area contributed by atoms with Crippen molar-refractivity contribution < 1.29 is 32.6 Å². The molecule has 102 valence electrons. The van der Waals surface area contributed by atoms with E-state index in [1.54, 1.807) is 0 Å². The number of amides is 2. The number of rotatable bonds is 1. The Kier molecular flexibility index (Phi) is 3.22. The summed E-state index contributed by atoms with van der Waals surface area (Å²) in [4.78, 5) is 23.2. The lowest BCUT2D eigenvalue weighted by molar-refractivity contribution is -0.201. The summed E-state index contributed by atoms with van der Waals surface area (Å²) in [5.74, 6) is -2.58. The summed E-state index contributed by atoms with van der Waals surface area (Å²) in [5, 5.41) is 9.44. The zero-order valence-electron chi connectivity index (χ0n) is 9.31. The monoisotopic (exact) mass is 267 g/mol. The quantitative estimate of drug-likeness (QED) is 0.771. The van der Waals surface area contributed by atoms with Gasteiger partial charge >= 0.3 is 12.3 Å². The number of ether oxygens (including phenoxy) is 1. The van der Waals surface area contributed by atoms with Crippen molar-refractivity contribution in [3.05, 3.63) is 0 Å². The molecule has 5 nitrogen and oxygen atoms in total. The van der Waals surface area contributed by atoms with Crippen LogP contribution >= 0.6 is 0 Å². The third-order valence-corrected chi connectivity index (χ3v) is 3.33. The number of alkyl halides is 3. The van der Waals surface area contributed by atoms with Gasteiger partial charge in [-0.25, -0.2) is 9.69 Å². The number of carbonyl (C=O) groups excluding carboxylic acids is 2. The molecule has 0 aromatic heterocycles. The highest BCUT2D eigenvalue weighted by atomic mass is 19.4. The van der Waals surface area contributed by atoms with Crippen molar-refractivity contribution in [2.45, 2.75) is 37.6 Å². The van der Waals surface area contributed by atoms with Gasteiger partial charge in [-0.1, -0.05) is 0 Å². The topological polar surface area (TPSA) is 66.8 Å². The molecule has 1 N–H and O–H groups in total. The normalized spacial score (nSPS) is 33.8. The number of hydrogen-bond acceptors (Lipinski definition) is 4. The summed E-state index contributed by atoms with van der Waals surface area (Å²) >= 11 is 0. The van der Waals surface area contributed by atoms with E-state index in [2.05, 4.69) is 4.74 Å². The van der Waals surface area contributed by atoms with E-state index >= 15 is 0 Å². The van der Waals surface area contributed by atoms with E-state index in [-0.39, 0.29) is 19.3 Å². The Hall–Kier alpha value is -1.31. The summed E-state index contributed by atoms with van der Waals surface area (Å²) in [6.07, 6.45) is -7.05. The lowest BCUT2D eigenvalue weighted by Crippen LogP contribution is -2.52. The molecule has 0 aromatic carbocycles. The van der Waals surface area contributed by atoms with Gasteiger partial charge in [0, 0.05) is 0 Å². The molecule has 2 aliphatic rings. The maximum absolute atomic E-state index is 12.9. The highest BCUT2D eigenvalue weighted by molar-refractivity contribution is 5.98. The third kappa shape index (κ3) is 2.29. The maximum atomic E-state index is 12.9. The van der Waals surface area contributed by atoms with Gasteiger partial charge in [-0.15, -0.1) is 0 Å². The lowest BCUT2D eigenvalue weighted by atomic mass is 9.81. The molecular weight excluding hydrogens is 255 g/mol. The number of halogens is 3. The molecule has 0 aromatic rings. The van der Waals surface area contributed by atoms with Crippen LogP contribution in [0.25, 0.3) is 0 Å². The van der Waals surface area contributed by atoms with Crippen LogP contribution in [-0.4, -0.2) is 46.9 Å². The zero-order valence-corrected chi connectivity index (χ0v) is 9.31. The summed E-state index contributed by atoms with van der Waals surface area (Å²) in [5.41, 5.74) is 0. The molecule has 2 fully saturated rings. The highest BCUT2D eigenvalue weighted by Gasteiger charge is 2.53. The second-order valence-corrected chi connectivity index (χ2v) is 4.50. The van der Waals surface area contributed by atoms with Gasteiger partial charge in [-0.05, 0) is 19.3 Å². The number of carbonyl (C=O) groups is 2. The second kappa shape index (κ2) is 4.42. The Morgan fingerprint density at radius 1 is 1.28 bits per heavy atom. The van der Waals surface area contributed by atoms with Crippen LogP contribution in [0.15, 0.2) is 0 Å². The van der Waals surface area contributed by atoms with Crippen LogP contribution in [0.4, 0.5) is 18.0 Å². The predicted molar refractivity (Wildman–Crippen MR) is 51.4 cm³/mol. The van der Waals surface area contributed by atoms with Crippen molar-refractivity contribution in [2.75, 3.05) is 6.61 Å². The van der Waals surface area contributed by atoms with Crippen molar-refractivity contribution in [3.63, 3.8) is 0 Å². The fourth-order valence-electron chi connectivity index (χ4n) is 2.48. The fourth-order valence-corrected chi connectivity index (χ4v) is 2.48. The van der Waals surface area contributed by atoms with Crippen LogP contribution < -0.4 is 0 Å². The van der Waals surface area contributed by atoms with E-state index in [0.29, 0.717) is 4.90 Å². The molecule has 1 aliphatic heterocycles. The van der Waals surface area contributed by atoms with Crippen LogP contribution in [0, 0.1) is 5.92 Å². The average molecular weight is 267 g/mol. The molecule has 1 heterocycles. The van der Waals surface area contributed by atoms with Crippen molar-refractivity contribution >= 4 is 12.0 Å².